The Balaban J connectivity index is 1.28. The molecule has 2 saturated heterocycles. The smallest absolute Gasteiger partial charge is 0.459 e. The number of benzene rings is 2. The molecule has 48 heavy (non-hydrogen) atoms. The molecule has 1 unspecified atom stereocenters. The fourth-order valence-corrected chi connectivity index (χ4v) is 7.51. The highest BCUT2D eigenvalue weighted by molar-refractivity contribution is 7.52. The molecule has 4 heterocycles. The number of nitrogens with zero attached hydrogens (tertiary/aromatic N) is 3. The summed E-state index contributed by atoms with van der Waals surface area (Å²) in [4.78, 5) is 17.1. The van der Waals surface area contributed by atoms with Crippen LogP contribution in [0.25, 0.3) is 16.3 Å². The molecule has 0 amide bonds. The molecule has 15 heteroatoms. The normalized spacial score (nSPS) is 25.5. The Kier molecular flexibility index (Phi) is 9.05. The maximum absolute atomic E-state index is 14.6. The second kappa shape index (κ2) is 12.7. The summed E-state index contributed by atoms with van der Waals surface area (Å²) in [5, 5.41) is 8.76. The lowest BCUT2D eigenvalue weighted by Crippen LogP contribution is -2.39. The largest absolute Gasteiger partial charge is 0.461 e. The molecule has 0 aliphatic carbocycles. The van der Waals surface area contributed by atoms with E-state index in [4.69, 9.17) is 38.5 Å². The Morgan fingerprint density at radius 2 is 1.85 bits per heavy atom. The minimum Gasteiger partial charge on any atom is -0.461 e. The van der Waals surface area contributed by atoms with Crippen LogP contribution in [0.15, 0.2) is 60.9 Å². The second-order valence-electron chi connectivity index (χ2n) is 13.2. The molecule has 2 aliphatic rings. The van der Waals surface area contributed by atoms with E-state index in [0.717, 1.165) is 5.39 Å². The molecule has 0 bridgehead atoms. The first-order valence-corrected chi connectivity index (χ1v) is 17.2. The third kappa shape index (κ3) is 6.66. The average Bonchev–Trinajstić information content (AvgIpc) is 3.70. The van der Waals surface area contributed by atoms with Crippen molar-refractivity contribution in [3.63, 3.8) is 0 Å². The van der Waals surface area contributed by atoms with E-state index in [9.17, 15) is 9.36 Å². The molecule has 2 aromatic carbocycles. The van der Waals surface area contributed by atoms with E-state index in [-0.39, 0.29) is 13.2 Å². The summed E-state index contributed by atoms with van der Waals surface area (Å²) in [7, 11) is -2.77. The Labute approximate surface area is 278 Å². The van der Waals surface area contributed by atoms with Crippen LogP contribution in [0.4, 0.5) is 5.82 Å². The number of fused-ring (bicyclic) bond motifs is 3. The zero-order valence-corrected chi connectivity index (χ0v) is 28.9. The van der Waals surface area contributed by atoms with E-state index in [1.165, 1.54) is 20.4 Å². The van der Waals surface area contributed by atoms with E-state index in [1.54, 1.807) is 30.5 Å². The van der Waals surface area contributed by atoms with Gasteiger partial charge in [0.1, 0.15) is 54.2 Å². The van der Waals surface area contributed by atoms with Crippen LogP contribution in [0.2, 0.25) is 0 Å². The number of carbonyl (C=O) groups is 1. The molecule has 2 aromatic heterocycles. The third-order valence-electron chi connectivity index (χ3n) is 8.62. The fourth-order valence-electron chi connectivity index (χ4n) is 5.98. The van der Waals surface area contributed by atoms with Crippen molar-refractivity contribution in [2.24, 2.45) is 0 Å². The molecule has 258 valence electrons. The molecule has 2 aliphatic heterocycles. The number of esters is 1. The number of anilines is 1. The van der Waals surface area contributed by atoms with E-state index in [1.807, 2.05) is 63.2 Å². The number of hydrogen-bond acceptors (Lipinski definition) is 12. The van der Waals surface area contributed by atoms with Crippen LogP contribution in [0, 0.1) is 0 Å². The van der Waals surface area contributed by atoms with Gasteiger partial charge in [-0.2, -0.15) is 10.2 Å². The quantitative estimate of drug-likeness (QED) is 0.155. The van der Waals surface area contributed by atoms with E-state index in [0.29, 0.717) is 28.2 Å². The minimum atomic E-state index is -4.30. The number of hydrogen-bond donors (Lipinski definition) is 2. The van der Waals surface area contributed by atoms with Gasteiger partial charge < -0.3 is 33.9 Å². The van der Waals surface area contributed by atoms with Crippen LogP contribution < -0.4 is 15.3 Å². The average molecular weight is 684 g/mol. The predicted octanol–water partition coefficient (Wildman–Crippen LogP) is 4.75. The van der Waals surface area contributed by atoms with E-state index >= 15 is 0 Å². The second-order valence-corrected chi connectivity index (χ2v) is 14.9. The number of nitrogen functional groups attached to an aromatic ring is 1. The van der Waals surface area contributed by atoms with Gasteiger partial charge in [0, 0.05) is 12.5 Å². The maximum Gasteiger partial charge on any atom is 0.459 e. The summed E-state index contributed by atoms with van der Waals surface area (Å²) in [6.45, 7) is 10.3. The number of nitrogens with two attached hydrogens (primary N) is 1. The van der Waals surface area contributed by atoms with Gasteiger partial charge in [0.05, 0.1) is 17.9 Å². The van der Waals surface area contributed by atoms with Gasteiger partial charge in [-0.15, -0.1) is 0 Å². The molecule has 6 rings (SSSR count). The monoisotopic (exact) mass is 683 g/mol. The van der Waals surface area contributed by atoms with Gasteiger partial charge in [-0.1, -0.05) is 36.4 Å². The number of rotatable bonds is 12. The SMILES string of the molecule is COC(C)(C)COC(=O)[C@H](C)NP(=O)(OC[C@H]1O[C@@](C)(c2ccc3c(N)ncnn23)[C@@H]2OC(C)(C)O[C@@H]21)Oc1cccc2ccccc12. The number of aromatic nitrogens is 3. The molecule has 2 fully saturated rings. The molecular weight excluding hydrogens is 641 g/mol. The van der Waals surface area contributed by atoms with Crippen LogP contribution in [-0.4, -0.2) is 76.6 Å². The summed E-state index contributed by atoms with van der Waals surface area (Å²) >= 11 is 0. The first-order valence-electron chi connectivity index (χ1n) is 15.7. The highest BCUT2D eigenvalue weighted by atomic mass is 31.2. The topological polar surface area (TPSA) is 167 Å². The Hall–Kier alpha value is -3.62. The highest BCUT2D eigenvalue weighted by Crippen LogP contribution is 2.52. The minimum absolute atomic E-state index is 0.0145. The van der Waals surface area contributed by atoms with Crippen LogP contribution in [0.5, 0.6) is 5.75 Å². The van der Waals surface area contributed by atoms with Crippen molar-refractivity contribution >= 4 is 35.8 Å². The first kappa shape index (κ1) is 34.3. The highest BCUT2D eigenvalue weighted by Gasteiger charge is 2.62. The van der Waals surface area contributed by atoms with Crippen molar-refractivity contribution in [2.75, 3.05) is 26.1 Å². The van der Waals surface area contributed by atoms with Crippen LogP contribution >= 0.6 is 7.75 Å². The zero-order valence-electron chi connectivity index (χ0n) is 28.0. The molecule has 6 atom stereocenters. The Bertz CT molecular complexity index is 1860. The number of ether oxygens (including phenoxy) is 5. The van der Waals surface area contributed by atoms with E-state index in [2.05, 4.69) is 15.2 Å². The van der Waals surface area contributed by atoms with Gasteiger partial charge in [0.15, 0.2) is 11.6 Å². The number of nitrogens with one attached hydrogen (secondary N) is 1. The summed E-state index contributed by atoms with van der Waals surface area (Å²) in [6.07, 6.45) is -0.630. The molecule has 0 spiro atoms. The molecule has 0 radical (unpaired) electrons. The van der Waals surface area contributed by atoms with Crippen LogP contribution in [0.3, 0.4) is 0 Å². The lowest BCUT2D eigenvalue weighted by atomic mass is 9.93. The molecule has 0 saturated carbocycles. The summed E-state index contributed by atoms with van der Waals surface area (Å²) < 4.78 is 58.7. The molecular formula is C33H42N5O9P. The lowest BCUT2D eigenvalue weighted by molar-refractivity contribution is -0.211. The van der Waals surface area contributed by atoms with Crippen LogP contribution in [0.1, 0.15) is 47.2 Å². The van der Waals surface area contributed by atoms with Crippen molar-refractivity contribution in [3.8, 4) is 5.75 Å². The van der Waals surface area contributed by atoms with Crippen molar-refractivity contribution in [1.82, 2.24) is 19.7 Å². The molecule has 4 aromatic rings. The number of methoxy groups -OCH3 is 1. The van der Waals surface area contributed by atoms with Crippen LogP contribution in [-0.2, 0) is 43.2 Å². The van der Waals surface area contributed by atoms with Crippen molar-refractivity contribution < 1.29 is 42.1 Å². The van der Waals surface area contributed by atoms with Crippen molar-refractivity contribution in [2.45, 2.75) is 82.9 Å². The van der Waals surface area contributed by atoms with Crippen molar-refractivity contribution in [1.29, 1.82) is 0 Å². The molecule has 3 N–H and O–H groups in total. The Morgan fingerprint density at radius 3 is 2.62 bits per heavy atom. The van der Waals surface area contributed by atoms with Gasteiger partial charge in [-0.25, -0.2) is 14.1 Å². The number of carbonyl (C=O) groups excluding carboxylic acids is 1. The maximum atomic E-state index is 14.6. The first-order chi connectivity index (χ1) is 22.6. The van der Waals surface area contributed by atoms with Gasteiger partial charge >= 0.3 is 13.7 Å². The Morgan fingerprint density at radius 1 is 1.10 bits per heavy atom. The molecule has 14 nitrogen and oxygen atoms in total. The fraction of sp³-hybridized carbons (Fsp3) is 0.485. The summed E-state index contributed by atoms with van der Waals surface area (Å²) in [6, 6.07) is 15.5. The van der Waals surface area contributed by atoms with Gasteiger partial charge in [0.2, 0.25) is 0 Å². The van der Waals surface area contributed by atoms with Gasteiger partial charge in [-0.3, -0.25) is 9.32 Å². The standard InChI is InChI=1S/C33H42N5O9P/c1-20(30(39)42-18-31(2,3)41-7)37-48(40,47-24-14-10-12-21-11-8-9-13-22(21)24)43-17-25-27-28(46-32(4,5)45-27)33(6,44-25)26-16-15-23-29(34)35-19-36-38(23)26/h8-16,19-20,25,27-28H,17-18H2,1-7H3,(H,37,40)(H2,34,35,36)/t20-,25+,27+,28+,33-,48?/m0/s1. The van der Waals surface area contributed by atoms with Gasteiger partial charge in [0.25, 0.3) is 0 Å². The summed E-state index contributed by atoms with van der Waals surface area (Å²) in [5.41, 5.74) is 5.59. The van der Waals surface area contributed by atoms with Gasteiger partial charge in [-0.05, 0) is 65.1 Å². The van der Waals surface area contributed by atoms with E-state index < -0.39 is 55.1 Å². The lowest BCUT2D eigenvalue weighted by Gasteiger charge is -2.31. The third-order valence-corrected chi connectivity index (χ3v) is 10.3. The van der Waals surface area contributed by atoms with Crippen molar-refractivity contribution in [3.05, 3.63) is 66.6 Å². The summed E-state index contributed by atoms with van der Waals surface area (Å²) in [5.74, 6) is -0.992. The zero-order chi connectivity index (χ0) is 34.5. The predicted molar refractivity (Wildman–Crippen MR) is 176 cm³/mol.